The van der Waals surface area contributed by atoms with E-state index in [9.17, 15) is 9.59 Å². The van der Waals surface area contributed by atoms with Crippen LogP contribution < -0.4 is 10.6 Å². The molecule has 0 spiro atoms. The quantitative estimate of drug-likeness (QED) is 0.666. The zero-order valence-corrected chi connectivity index (χ0v) is 15.7. The number of aromatic nitrogens is 1. The Morgan fingerprint density at radius 2 is 2.00 bits per heavy atom. The number of rotatable bonds is 6. The van der Waals surface area contributed by atoms with Crippen LogP contribution in [0.1, 0.15) is 28.4 Å². The van der Waals surface area contributed by atoms with E-state index in [-0.39, 0.29) is 24.3 Å². The number of benzene rings is 1. The van der Waals surface area contributed by atoms with E-state index < -0.39 is 0 Å². The number of carbonyl (C=O) groups excluding carboxylic acids is 2. The van der Waals surface area contributed by atoms with Crippen molar-refractivity contribution in [3.8, 4) is 0 Å². The van der Waals surface area contributed by atoms with Crippen LogP contribution in [0.3, 0.4) is 0 Å². The largest absolute Gasteiger partial charge is 0.355 e. The highest BCUT2D eigenvalue weighted by Gasteiger charge is 2.18. The van der Waals surface area contributed by atoms with Gasteiger partial charge in [0.1, 0.15) is 0 Å². The van der Waals surface area contributed by atoms with Gasteiger partial charge in [0.2, 0.25) is 5.91 Å². The van der Waals surface area contributed by atoms with Gasteiger partial charge in [-0.2, -0.15) is 11.3 Å². The summed E-state index contributed by atoms with van der Waals surface area (Å²) in [7, 11) is 1.53. The van der Waals surface area contributed by atoms with Crippen molar-refractivity contribution in [2.24, 2.45) is 0 Å². The Hall–Kier alpha value is -2.57. The van der Waals surface area contributed by atoms with Crippen LogP contribution in [-0.2, 0) is 4.79 Å². The van der Waals surface area contributed by atoms with Gasteiger partial charge in [-0.05, 0) is 52.7 Å². The summed E-state index contributed by atoms with van der Waals surface area (Å²) in [5, 5.41) is 9.77. The van der Waals surface area contributed by atoms with Gasteiger partial charge in [0.15, 0.2) is 0 Å². The molecule has 5 nitrogen and oxygen atoms in total. The van der Waals surface area contributed by atoms with Gasteiger partial charge in [0.25, 0.3) is 5.91 Å². The van der Waals surface area contributed by atoms with Gasteiger partial charge in [-0.15, -0.1) is 0 Å². The zero-order chi connectivity index (χ0) is 18.5. The normalized spacial score (nSPS) is 11.8. The molecule has 134 valence electrons. The predicted molar refractivity (Wildman–Crippen MR) is 105 cm³/mol. The Labute approximate surface area is 160 Å². The van der Waals surface area contributed by atoms with Crippen LogP contribution in [-0.4, -0.2) is 23.4 Å². The van der Waals surface area contributed by atoms with Crippen LogP contribution in [0.25, 0.3) is 0 Å². The van der Waals surface area contributed by atoms with Crippen LogP contribution in [0, 0.1) is 0 Å². The van der Waals surface area contributed by atoms with E-state index in [1.807, 2.05) is 45.9 Å². The minimum atomic E-state index is -0.297. The monoisotopic (exact) mass is 387 g/mol. The average molecular weight is 388 g/mol. The number of halogens is 1. The third kappa shape index (κ3) is 4.15. The van der Waals surface area contributed by atoms with Gasteiger partial charge >= 0.3 is 0 Å². The maximum atomic E-state index is 12.6. The number of amides is 2. The molecule has 2 N–H and O–H groups in total. The van der Waals surface area contributed by atoms with Crippen molar-refractivity contribution in [3.05, 3.63) is 75.7 Å². The molecule has 3 aromatic rings. The summed E-state index contributed by atoms with van der Waals surface area (Å²) in [6.07, 6.45) is 4.17. The number of thiophene rings is 1. The summed E-state index contributed by atoms with van der Waals surface area (Å²) < 4.78 is 2.01. The first-order valence-electron chi connectivity index (χ1n) is 8.04. The summed E-state index contributed by atoms with van der Waals surface area (Å²) in [6, 6.07) is 10.7. The maximum absolute atomic E-state index is 12.6. The molecule has 0 radical (unpaired) electrons. The minimum Gasteiger partial charge on any atom is -0.355 e. The molecule has 2 heterocycles. The molecule has 2 amide bonds. The van der Waals surface area contributed by atoms with Gasteiger partial charge < -0.3 is 15.2 Å². The molecule has 0 bridgehead atoms. The highest BCUT2D eigenvalue weighted by Crippen LogP contribution is 2.26. The second-order valence-corrected chi connectivity index (χ2v) is 6.92. The lowest BCUT2D eigenvalue weighted by Gasteiger charge is -2.18. The maximum Gasteiger partial charge on any atom is 0.252 e. The first-order valence-corrected chi connectivity index (χ1v) is 9.36. The summed E-state index contributed by atoms with van der Waals surface area (Å²) in [5.41, 5.74) is 1.95. The number of nitrogens with one attached hydrogen (secondary N) is 2. The van der Waals surface area contributed by atoms with E-state index in [0.717, 1.165) is 5.56 Å². The molecule has 26 heavy (non-hydrogen) atoms. The lowest BCUT2D eigenvalue weighted by atomic mass is 10.1. The summed E-state index contributed by atoms with van der Waals surface area (Å²) in [4.78, 5) is 24.4. The van der Waals surface area contributed by atoms with Crippen LogP contribution in [0.4, 0.5) is 5.69 Å². The number of hydrogen-bond donors (Lipinski definition) is 2. The molecule has 1 atom stereocenters. The molecular formula is C19H18ClN3O2S. The molecule has 7 heteroatoms. The molecule has 0 saturated carbocycles. The van der Waals surface area contributed by atoms with Crippen molar-refractivity contribution in [2.45, 2.75) is 12.5 Å². The smallest absolute Gasteiger partial charge is 0.252 e. The van der Waals surface area contributed by atoms with Crippen molar-refractivity contribution in [3.63, 3.8) is 0 Å². The van der Waals surface area contributed by atoms with Gasteiger partial charge in [0, 0.05) is 25.1 Å². The van der Waals surface area contributed by atoms with Crippen LogP contribution in [0.2, 0.25) is 5.02 Å². The van der Waals surface area contributed by atoms with Crippen LogP contribution >= 0.6 is 22.9 Å². The zero-order valence-electron chi connectivity index (χ0n) is 14.1. The molecule has 0 aliphatic heterocycles. The highest BCUT2D eigenvalue weighted by molar-refractivity contribution is 7.08. The molecule has 0 aliphatic carbocycles. The standard InChI is InChI=1S/C19H18ClN3O2S/c1-21-19(25)15-10-14(4-5-16(15)20)22-18(24)11-17(13-6-9-26-12-13)23-7-2-3-8-23/h2-10,12,17H,11H2,1H3,(H,21,25)(H,22,24)/t17-/m0/s1. The van der Waals surface area contributed by atoms with E-state index in [1.165, 1.54) is 7.05 Å². The molecular weight excluding hydrogens is 370 g/mol. The Kier molecular flexibility index (Phi) is 5.75. The molecule has 0 saturated heterocycles. The summed E-state index contributed by atoms with van der Waals surface area (Å²) >= 11 is 7.65. The van der Waals surface area contributed by atoms with E-state index in [2.05, 4.69) is 10.6 Å². The summed E-state index contributed by atoms with van der Waals surface area (Å²) in [5.74, 6) is -0.435. The third-order valence-corrected chi connectivity index (χ3v) is 5.05. The van der Waals surface area contributed by atoms with Crippen molar-refractivity contribution < 1.29 is 9.59 Å². The molecule has 0 unspecified atom stereocenters. The van der Waals surface area contributed by atoms with Crippen LogP contribution in [0.5, 0.6) is 0 Å². The number of carbonyl (C=O) groups is 2. The fourth-order valence-corrected chi connectivity index (χ4v) is 3.63. The predicted octanol–water partition coefficient (Wildman–Crippen LogP) is 4.18. The molecule has 3 rings (SSSR count). The van der Waals surface area contributed by atoms with Gasteiger partial charge in [-0.1, -0.05) is 11.6 Å². The molecule has 0 fully saturated rings. The Morgan fingerprint density at radius 1 is 1.23 bits per heavy atom. The highest BCUT2D eigenvalue weighted by atomic mass is 35.5. The first-order chi connectivity index (χ1) is 12.6. The lowest BCUT2D eigenvalue weighted by Crippen LogP contribution is -2.21. The first kappa shape index (κ1) is 18.2. The van der Waals surface area contributed by atoms with E-state index in [1.54, 1.807) is 29.5 Å². The molecule has 2 aromatic heterocycles. The van der Waals surface area contributed by atoms with Crippen molar-refractivity contribution in [1.29, 1.82) is 0 Å². The van der Waals surface area contributed by atoms with Gasteiger partial charge in [-0.3, -0.25) is 9.59 Å². The van der Waals surface area contributed by atoms with Crippen LogP contribution in [0.15, 0.2) is 59.6 Å². The SMILES string of the molecule is CNC(=O)c1cc(NC(=O)C[C@@H](c2ccsc2)n2cccc2)ccc1Cl. The van der Waals surface area contributed by atoms with Crippen molar-refractivity contribution in [2.75, 3.05) is 12.4 Å². The second kappa shape index (κ2) is 8.21. The Bertz CT molecular complexity index is 857. The third-order valence-electron chi connectivity index (χ3n) is 4.02. The Balaban J connectivity index is 1.76. The van der Waals surface area contributed by atoms with E-state index >= 15 is 0 Å². The lowest BCUT2D eigenvalue weighted by molar-refractivity contribution is -0.116. The topological polar surface area (TPSA) is 63.1 Å². The number of nitrogens with zero attached hydrogens (tertiary/aromatic N) is 1. The van der Waals surface area contributed by atoms with Crippen molar-refractivity contribution in [1.82, 2.24) is 9.88 Å². The minimum absolute atomic E-state index is 0.0815. The average Bonchev–Trinajstić information content (AvgIpc) is 3.34. The summed E-state index contributed by atoms with van der Waals surface area (Å²) in [6.45, 7) is 0. The fourth-order valence-electron chi connectivity index (χ4n) is 2.71. The fraction of sp³-hybridized carbons (Fsp3) is 0.158. The van der Waals surface area contributed by atoms with Gasteiger partial charge in [0.05, 0.1) is 23.0 Å². The molecule has 1 aromatic carbocycles. The number of hydrogen-bond acceptors (Lipinski definition) is 3. The Morgan fingerprint density at radius 3 is 2.65 bits per heavy atom. The second-order valence-electron chi connectivity index (χ2n) is 5.73. The van der Waals surface area contributed by atoms with Crippen molar-refractivity contribution >= 4 is 40.4 Å². The van der Waals surface area contributed by atoms with E-state index in [4.69, 9.17) is 11.6 Å². The molecule has 0 aliphatic rings. The van der Waals surface area contributed by atoms with Gasteiger partial charge in [-0.25, -0.2) is 0 Å². The number of anilines is 1. The van der Waals surface area contributed by atoms with E-state index in [0.29, 0.717) is 16.3 Å².